The lowest BCUT2D eigenvalue weighted by molar-refractivity contribution is -0.127. The average Bonchev–Trinajstić information content (AvgIpc) is 1.50. The largest absolute Gasteiger partial charge is 0.497 e. The molecule has 2 aliphatic rings. The van der Waals surface area contributed by atoms with Gasteiger partial charge in [-0.15, -0.1) is 12.3 Å². The zero-order valence-electron chi connectivity index (χ0n) is 78.8. The molecule has 0 saturated carbocycles. The normalized spacial score (nSPS) is 13.0. The number of carbonyl (C=O) groups excluding carboxylic acids is 1. The molecule has 0 bridgehead atoms. The Balaban J connectivity index is 0.000000137. The van der Waals surface area contributed by atoms with Crippen LogP contribution in [0.1, 0.15) is 59.3 Å². The Morgan fingerprint density at radius 1 is 0.422 bits per heavy atom. The van der Waals surface area contributed by atoms with Crippen molar-refractivity contribution < 1.29 is 38.0 Å². The van der Waals surface area contributed by atoms with Crippen molar-refractivity contribution in [3.63, 3.8) is 0 Å². The summed E-state index contributed by atoms with van der Waals surface area (Å²) in [5.41, 5.74) is 21.4. The number of anilines is 8. The molecule has 0 radical (unpaired) electrons. The monoisotopic (exact) mass is 1840 g/mol. The Bertz CT molecular complexity index is 6750. The van der Waals surface area contributed by atoms with Gasteiger partial charge in [-0.1, -0.05) is 32.4 Å². The first-order valence-electron chi connectivity index (χ1n) is 45.0. The lowest BCUT2D eigenvalue weighted by atomic mass is 10.1. The van der Waals surface area contributed by atoms with Crippen LogP contribution in [0, 0.1) is 18.3 Å². The van der Waals surface area contributed by atoms with E-state index in [0.717, 1.165) is 254 Å². The van der Waals surface area contributed by atoms with E-state index in [1.54, 1.807) is 118 Å². The Morgan fingerprint density at radius 3 is 1.12 bits per heavy atom. The van der Waals surface area contributed by atoms with Gasteiger partial charge in [-0.3, -0.25) is 43.5 Å². The van der Waals surface area contributed by atoms with Crippen LogP contribution in [0.2, 0.25) is 5.02 Å². The van der Waals surface area contributed by atoms with Gasteiger partial charge in [0.1, 0.15) is 40.2 Å². The van der Waals surface area contributed by atoms with E-state index in [0.29, 0.717) is 41.4 Å². The summed E-state index contributed by atoms with van der Waals surface area (Å²) in [6.07, 6.45) is 33.1. The number of ether oxygens (including phenoxy) is 7. The van der Waals surface area contributed by atoms with Crippen LogP contribution in [0.5, 0.6) is 40.2 Å². The Kier molecular flexibility index (Phi) is 31.2. The second-order valence-corrected chi connectivity index (χ2v) is 33.6. The van der Waals surface area contributed by atoms with E-state index >= 15 is 0 Å². The maximum absolute atomic E-state index is 12.1. The van der Waals surface area contributed by atoms with E-state index < -0.39 is 0 Å². The maximum Gasteiger partial charge on any atom is 0.222 e. The molecule has 32 heteroatoms. The highest BCUT2D eigenvalue weighted by Gasteiger charge is 2.26. The third-order valence-electron chi connectivity index (χ3n) is 23.4. The second-order valence-electron chi connectivity index (χ2n) is 33.2. The van der Waals surface area contributed by atoms with Crippen LogP contribution in [-0.4, -0.2) is 216 Å². The number of fused-ring (bicyclic) bond motifs is 4. The molecule has 0 aliphatic carbocycles. The number of hydrogen-bond donors (Lipinski definition) is 1. The predicted molar refractivity (Wildman–Crippen MR) is 533 cm³/mol. The number of likely N-dealkylation sites (tertiary alicyclic amines) is 2. The molecule has 1 amide bonds. The Hall–Kier alpha value is -15.0. The zero-order chi connectivity index (χ0) is 94.6. The lowest BCUT2D eigenvalue weighted by Gasteiger charge is -2.28. The summed E-state index contributed by atoms with van der Waals surface area (Å²) in [5.74, 6) is 8.65. The Morgan fingerprint density at radius 2 is 0.793 bits per heavy atom. The van der Waals surface area contributed by atoms with Gasteiger partial charge in [-0.05, 0) is 130 Å². The van der Waals surface area contributed by atoms with Crippen LogP contribution in [0.4, 0.5) is 45.5 Å². The molecule has 2 fully saturated rings. The summed E-state index contributed by atoms with van der Waals surface area (Å²) in [4.78, 5) is 63.3. The molecule has 1 atom stereocenters. The molecule has 16 aromatic rings. The molecule has 135 heavy (non-hydrogen) atoms. The number of amides is 1. The van der Waals surface area contributed by atoms with Gasteiger partial charge >= 0.3 is 0 Å². The molecular weight excluding hydrogens is 1720 g/mol. The van der Waals surface area contributed by atoms with Crippen LogP contribution in [-0.2, 0) is 33.0 Å². The molecule has 0 unspecified atom stereocenters. The van der Waals surface area contributed by atoms with Crippen molar-refractivity contribution in [1.29, 1.82) is 0 Å². The van der Waals surface area contributed by atoms with Crippen LogP contribution in [0.3, 0.4) is 0 Å². The number of hydrogen-bond acceptors (Lipinski definition) is 26. The molecule has 1 N–H and O–H groups in total. The number of terminal acetylenes is 1. The minimum absolute atomic E-state index is 0.244. The van der Waals surface area contributed by atoms with Gasteiger partial charge in [0, 0.05) is 246 Å². The van der Waals surface area contributed by atoms with Crippen LogP contribution in [0.15, 0.2) is 220 Å². The third-order valence-corrected chi connectivity index (χ3v) is 23.7. The zero-order valence-corrected chi connectivity index (χ0v) is 79.6. The summed E-state index contributed by atoms with van der Waals surface area (Å²) in [6, 6.07) is 48.4. The van der Waals surface area contributed by atoms with Gasteiger partial charge < -0.3 is 67.9 Å². The summed E-state index contributed by atoms with van der Waals surface area (Å²) >= 11 is 6.52. The van der Waals surface area contributed by atoms with Gasteiger partial charge in [-0.2, -0.15) is 20.4 Å². The molecule has 2 aliphatic heterocycles. The smallest absolute Gasteiger partial charge is 0.222 e. The van der Waals surface area contributed by atoms with E-state index in [1.165, 1.54) is 0 Å². The first-order valence-corrected chi connectivity index (χ1v) is 45.4. The fraction of sp³-hybridized carbons (Fsp3) is 0.311. The van der Waals surface area contributed by atoms with Crippen LogP contribution >= 0.6 is 11.6 Å². The van der Waals surface area contributed by atoms with Crippen molar-refractivity contribution in [2.75, 3.05) is 135 Å². The standard InChI is InChI=1S/C28H30N6O2.C27H30N6O3.C26H32N6O2.C22H22ClN5O/c1-5-20-8-9-33(18-20)10-11-34(23-12-24(35-3)15-25(13-23)36-4)22-6-7-26-27(14-22)31-28(17-29-26)21-16-30-32(2)19-21;1-31-18-19(16-29-31)26-17-28-24-8-7-20(14-25(24)30-26)33(11-5-10-32-9-4-6-27(32)34)21-12-22(35-2)15-23(13-21)36-3;1-18(2)27-9-6-10-32(21-11-22(33-4)14-23(12-21)34-5)20-7-8-24-25(13-20)30-26(16-28-24)19-15-29-31(3)17-19;1-4-9-28(22-11-17(29-3)6-7-18(22)23)16-5-8-19-20(10-16)26-21(13-24-19)15-12-25-27(2)14-15/h1,6-7,12-17,19-20H,8-11,18H2,2-4H3;7-8,12-18H,4-6,9-11H2,1-3H3;7-8,11-18,27H,6,9-10H2,1-5H3;5-8,10-14H,4,9H2,1-3H3/t20-;;;/m0.../s1. The number of nitrogens with one attached hydrogen (secondary N) is 1. The van der Waals surface area contributed by atoms with Crippen LogP contribution < -0.4 is 58.1 Å². The molecular formula is C103H114ClN23O8. The minimum Gasteiger partial charge on any atom is -0.497 e. The van der Waals surface area contributed by atoms with Gasteiger partial charge in [0.15, 0.2) is 0 Å². The molecule has 10 heterocycles. The first kappa shape index (κ1) is 94.6. The van der Waals surface area contributed by atoms with Gasteiger partial charge in [0.05, 0.1) is 177 Å². The topological polar surface area (TPSA) is 288 Å². The fourth-order valence-corrected chi connectivity index (χ4v) is 16.6. The van der Waals surface area contributed by atoms with Crippen molar-refractivity contribution in [3.8, 4) is 97.6 Å². The van der Waals surface area contributed by atoms with E-state index in [9.17, 15) is 4.79 Å². The molecule has 696 valence electrons. The highest BCUT2D eigenvalue weighted by atomic mass is 35.5. The van der Waals surface area contributed by atoms with Crippen molar-refractivity contribution in [3.05, 3.63) is 225 Å². The summed E-state index contributed by atoms with van der Waals surface area (Å²) in [6.45, 7) is 14.9. The number of aromatic nitrogens is 16. The van der Waals surface area contributed by atoms with Crippen molar-refractivity contribution in [2.24, 2.45) is 34.1 Å². The fourth-order valence-electron chi connectivity index (χ4n) is 16.3. The molecule has 8 aromatic carbocycles. The van der Waals surface area contributed by atoms with Gasteiger partial charge in [-0.25, -0.2) is 19.9 Å². The van der Waals surface area contributed by atoms with Crippen molar-refractivity contribution in [1.82, 2.24) is 94.1 Å². The number of carbonyl (C=O) groups is 1. The van der Waals surface area contributed by atoms with Crippen molar-refractivity contribution in [2.45, 2.75) is 65.3 Å². The third kappa shape index (κ3) is 23.7. The quantitative estimate of drug-likeness (QED) is 0.0295. The average molecular weight is 1840 g/mol. The summed E-state index contributed by atoms with van der Waals surface area (Å²) < 4.78 is 45.7. The maximum atomic E-state index is 12.1. The number of aryl methyl sites for hydroxylation is 4. The summed E-state index contributed by atoms with van der Waals surface area (Å²) in [5, 5.41) is 21.2. The van der Waals surface area contributed by atoms with Gasteiger partial charge in [0.2, 0.25) is 5.91 Å². The number of nitrogens with zero attached hydrogens (tertiary/aromatic N) is 22. The first-order chi connectivity index (χ1) is 65.6. The highest BCUT2D eigenvalue weighted by molar-refractivity contribution is 6.33. The van der Waals surface area contributed by atoms with Crippen molar-refractivity contribution >= 4 is 107 Å². The number of benzene rings is 8. The predicted octanol–water partition coefficient (Wildman–Crippen LogP) is 18.2. The summed E-state index contributed by atoms with van der Waals surface area (Å²) in [7, 11) is 19.2. The Labute approximate surface area is 791 Å². The minimum atomic E-state index is 0.244. The van der Waals surface area contributed by atoms with E-state index in [-0.39, 0.29) is 5.91 Å². The van der Waals surface area contributed by atoms with Crippen LogP contribution in [0.25, 0.3) is 89.2 Å². The molecule has 2 saturated heterocycles. The lowest BCUT2D eigenvalue weighted by Crippen LogP contribution is -2.31. The van der Waals surface area contributed by atoms with E-state index in [1.807, 2.05) is 173 Å². The SMILES string of the molecule is C#C[C@H]1CCN(CCN(c2cc(OC)cc(OC)c2)c2ccc3ncc(-c4cnn(C)c4)nc3c2)C1.CCCN(c1ccc2ncc(-c3cnn(C)c3)nc2c1)c1cc(OC)ccc1Cl.COc1cc(OC)cc(N(CCCN2CCCC2=O)c2ccc3ncc(-c4cnn(C)c4)nc3c2)c1.COc1cc(OC)cc(N(CCCNC(C)C)c2ccc3ncc(-c4cnn(C)c4)nc3c2)c1. The highest BCUT2D eigenvalue weighted by Crippen LogP contribution is 2.41. The number of halogens is 1. The molecule has 0 spiro atoms. The van der Waals surface area contributed by atoms with E-state index in [4.69, 9.17) is 71.1 Å². The molecule has 8 aromatic heterocycles. The molecule has 31 nitrogen and oxygen atoms in total. The number of rotatable bonds is 33. The second kappa shape index (κ2) is 44.5. The number of methoxy groups -OCH3 is 7. The van der Waals surface area contributed by atoms with Gasteiger partial charge in [0.25, 0.3) is 0 Å². The van der Waals surface area contributed by atoms with E-state index in [2.05, 4.69) is 127 Å². The molecule has 18 rings (SSSR count).